The molecule has 6 aromatic rings. The van der Waals surface area contributed by atoms with Gasteiger partial charge in [-0.05, 0) is 60.9 Å². The number of aromatic nitrogens is 5. The van der Waals surface area contributed by atoms with Gasteiger partial charge in [0, 0.05) is 49.3 Å². The average Bonchev–Trinajstić information content (AvgIpc) is 3.45. The second-order valence-electron chi connectivity index (χ2n) is 10.9. The average molecular weight is 579 g/mol. The molecule has 4 aromatic heterocycles. The lowest BCUT2D eigenvalue weighted by atomic mass is 10.1. The topological polar surface area (TPSA) is 119 Å². The van der Waals surface area contributed by atoms with Gasteiger partial charge in [-0.2, -0.15) is 5.26 Å². The zero-order chi connectivity index (χ0) is 29.9. The van der Waals surface area contributed by atoms with Crippen LogP contribution in [0.2, 0.25) is 0 Å². The van der Waals surface area contributed by atoms with Crippen LogP contribution in [0.3, 0.4) is 0 Å². The molecule has 0 bridgehead atoms. The molecule has 5 heterocycles. The SMILES string of the molecule is N#Cc1ccnc(OC2CCN(Cc3ccc(-n4c(-c5cccnc5N)nc5ccc(-c6ccccc6)nc54)cc3)CC2)c1. The number of hydrogen-bond donors (Lipinski definition) is 1. The van der Waals surface area contributed by atoms with E-state index in [2.05, 4.69) is 61.9 Å². The molecule has 44 heavy (non-hydrogen) atoms. The highest BCUT2D eigenvalue weighted by molar-refractivity contribution is 5.84. The highest BCUT2D eigenvalue weighted by Crippen LogP contribution is 2.32. The lowest BCUT2D eigenvalue weighted by Gasteiger charge is -2.31. The third-order valence-electron chi connectivity index (χ3n) is 7.94. The zero-order valence-corrected chi connectivity index (χ0v) is 24.0. The highest BCUT2D eigenvalue weighted by atomic mass is 16.5. The van der Waals surface area contributed by atoms with Crippen LogP contribution in [0.4, 0.5) is 5.82 Å². The Morgan fingerprint density at radius 2 is 1.68 bits per heavy atom. The van der Waals surface area contributed by atoms with Crippen molar-refractivity contribution in [3.63, 3.8) is 0 Å². The van der Waals surface area contributed by atoms with Crippen LogP contribution in [0.1, 0.15) is 24.0 Å². The molecule has 216 valence electrons. The van der Waals surface area contributed by atoms with Crippen LogP contribution in [-0.2, 0) is 6.54 Å². The third kappa shape index (κ3) is 5.59. The molecular formula is C35H30N8O. The number of piperidine rings is 1. The molecule has 0 spiro atoms. The normalized spacial score (nSPS) is 14.0. The summed E-state index contributed by atoms with van der Waals surface area (Å²) in [4.78, 5) is 21.0. The Bertz CT molecular complexity index is 1960. The van der Waals surface area contributed by atoms with Gasteiger partial charge in [0.1, 0.15) is 17.4 Å². The van der Waals surface area contributed by atoms with Gasteiger partial charge in [0.05, 0.1) is 22.9 Å². The smallest absolute Gasteiger partial charge is 0.214 e. The van der Waals surface area contributed by atoms with Gasteiger partial charge < -0.3 is 10.5 Å². The Morgan fingerprint density at radius 1 is 0.864 bits per heavy atom. The number of hydrogen-bond acceptors (Lipinski definition) is 8. The number of nitrogens with two attached hydrogens (primary N) is 1. The molecule has 0 amide bonds. The Morgan fingerprint density at radius 3 is 2.45 bits per heavy atom. The Hall–Kier alpha value is -5.59. The summed E-state index contributed by atoms with van der Waals surface area (Å²) in [7, 11) is 0. The second-order valence-corrected chi connectivity index (χ2v) is 10.9. The minimum absolute atomic E-state index is 0.0937. The maximum absolute atomic E-state index is 9.14. The van der Waals surface area contributed by atoms with Crippen LogP contribution < -0.4 is 10.5 Å². The van der Waals surface area contributed by atoms with Gasteiger partial charge in [0.2, 0.25) is 5.88 Å². The van der Waals surface area contributed by atoms with Gasteiger partial charge in [-0.3, -0.25) is 9.47 Å². The number of anilines is 1. The zero-order valence-electron chi connectivity index (χ0n) is 24.0. The number of likely N-dealkylation sites (tertiary alicyclic amines) is 1. The number of nitrogen functional groups attached to an aromatic ring is 1. The van der Waals surface area contributed by atoms with E-state index < -0.39 is 0 Å². The van der Waals surface area contributed by atoms with E-state index in [0.29, 0.717) is 23.1 Å². The summed E-state index contributed by atoms with van der Waals surface area (Å²) in [6, 6.07) is 32.1. The van der Waals surface area contributed by atoms with Crippen molar-refractivity contribution in [1.29, 1.82) is 5.26 Å². The summed E-state index contributed by atoms with van der Waals surface area (Å²) in [6.45, 7) is 2.69. The van der Waals surface area contributed by atoms with E-state index in [4.69, 9.17) is 25.7 Å². The van der Waals surface area contributed by atoms with Gasteiger partial charge >= 0.3 is 0 Å². The van der Waals surface area contributed by atoms with E-state index in [1.54, 1.807) is 24.5 Å². The molecule has 7 rings (SSSR count). The minimum Gasteiger partial charge on any atom is -0.474 e. The first-order valence-electron chi connectivity index (χ1n) is 14.6. The van der Waals surface area contributed by atoms with Gasteiger partial charge in [-0.1, -0.05) is 42.5 Å². The Kier molecular flexibility index (Phi) is 7.41. The molecule has 2 N–H and O–H groups in total. The van der Waals surface area contributed by atoms with Crippen LogP contribution >= 0.6 is 0 Å². The number of nitrogens with zero attached hydrogens (tertiary/aromatic N) is 7. The molecule has 2 aromatic carbocycles. The standard InChI is InChI=1S/C35H30N8O/c36-22-25-14-18-38-32(21-25)44-28-15-19-42(20-16-28)23-24-8-10-27(11-9-24)43-34(29-7-4-17-39-33(29)37)41-31-13-12-30(40-35(31)43)26-5-2-1-3-6-26/h1-14,17-18,21,28H,15-16,19-20,23H2,(H2,37,39). The summed E-state index contributed by atoms with van der Waals surface area (Å²) < 4.78 is 8.13. The van der Waals surface area contributed by atoms with Crippen LogP contribution in [0.15, 0.2) is 103 Å². The first-order valence-corrected chi connectivity index (χ1v) is 14.6. The summed E-state index contributed by atoms with van der Waals surface area (Å²) in [5.41, 5.74) is 13.3. The minimum atomic E-state index is 0.0937. The van der Waals surface area contributed by atoms with Gasteiger partial charge in [0.15, 0.2) is 11.5 Å². The van der Waals surface area contributed by atoms with Crippen molar-refractivity contribution < 1.29 is 4.74 Å². The quantitative estimate of drug-likeness (QED) is 0.244. The van der Waals surface area contributed by atoms with E-state index in [1.165, 1.54) is 5.56 Å². The fraction of sp³-hybridized carbons (Fsp3) is 0.171. The van der Waals surface area contributed by atoms with Crippen molar-refractivity contribution in [2.24, 2.45) is 0 Å². The lowest BCUT2D eigenvalue weighted by molar-refractivity contribution is 0.0932. The van der Waals surface area contributed by atoms with E-state index >= 15 is 0 Å². The Balaban J connectivity index is 1.13. The Labute approximate surface area is 255 Å². The molecule has 9 nitrogen and oxygen atoms in total. The number of nitriles is 1. The van der Waals surface area contributed by atoms with Crippen LogP contribution in [0.25, 0.3) is 39.5 Å². The molecule has 0 saturated carbocycles. The maximum Gasteiger partial charge on any atom is 0.214 e. The molecule has 0 aliphatic carbocycles. The van der Waals surface area contributed by atoms with Crippen molar-refractivity contribution >= 4 is 17.0 Å². The molecule has 1 aliphatic heterocycles. The molecule has 1 saturated heterocycles. The summed E-state index contributed by atoms with van der Waals surface area (Å²) in [5, 5.41) is 9.14. The van der Waals surface area contributed by atoms with Gasteiger partial charge in [0.25, 0.3) is 0 Å². The molecule has 1 aliphatic rings. The summed E-state index contributed by atoms with van der Waals surface area (Å²) in [5.74, 6) is 1.64. The van der Waals surface area contributed by atoms with E-state index in [-0.39, 0.29) is 6.10 Å². The molecule has 1 fully saturated rings. The highest BCUT2D eigenvalue weighted by Gasteiger charge is 2.22. The number of fused-ring (bicyclic) bond motifs is 1. The second kappa shape index (κ2) is 12.0. The molecule has 0 unspecified atom stereocenters. The number of ether oxygens (including phenoxy) is 1. The fourth-order valence-corrected chi connectivity index (χ4v) is 5.67. The fourth-order valence-electron chi connectivity index (χ4n) is 5.67. The number of benzene rings is 2. The van der Waals surface area contributed by atoms with Crippen molar-refractivity contribution in [1.82, 2.24) is 29.4 Å². The van der Waals surface area contributed by atoms with Crippen LogP contribution in [0, 0.1) is 11.3 Å². The van der Waals surface area contributed by atoms with Crippen molar-refractivity contribution in [2.45, 2.75) is 25.5 Å². The molecule has 0 atom stereocenters. The number of pyridine rings is 3. The van der Waals surface area contributed by atoms with Gasteiger partial charge in [-0.25, -0.2) is 19.9 Å². The van der Waals surface area contributed by atoms with Crippen LogP contribution in [0.5, 0.6) is 5.88 Å². The predicted octanol–water partition coefficient (Wildman–Crippen LogP) is 6.04. The van der Waals surface area contributed by atoms with E-state index in [0.717, 1.165) is 66.1 Å². The van der Waals surface area contributed by atoms with Crippen molar-refractivity contribution in [3.05, 3.63) is 115 Å². The third-order valence-corrected chi connectivity index (χ3v) is 7.94. The first kappa shape index (κ1) is 27.3. The van der Waals surface area contributed by atoms with Crippen LogP contribution in [-0.4, -0.2) is 48.6 Å². The van der Waals surface area contributed by atoms with Gasteiger partial charge in [-0.15, -0.1) is 0 Å². The number of rotatable bonds is 7. The monoisotopic (exact) mass is 578 g/mol. The first-order chi connectivity index (χ1) is 21.6. The summed E-state index contributed by atoms with van der Waals surface area (Å²) >= 11 is 0. The van der Waals surface area contributed by atoms with Crippen molar-refractivity contribution in [3.8, 4) is 40.3 Å². The van der Waals surface area contributed by atoms with E-state index in [1.807, 2.05) is 42.5 Å². The van der Waals surface area contributed by atoms with Crippen molar-refractivity contribution in [2.75, 3.05) is 18.8 Å². The van der Waals surface area contributed by atoms with E-state index in [9.17, 15) is 0 Å². The largest absolute Gasteiger partial charge is 0.474 e. The molecular weight excluding hydrogens is 548 g/mol. The summed E-state index contributed by atoms with van der Waals surface area (Å²) in [6.07, 6.45) is 5.21. The molecule has 0 radical (unpaired) electrons. The lowest BCUT2D eigenvalue weighted by Crippen LogP contribution is -2.37. The predicted molar refractivity (Wildman–Crippen MR) is 170 cm³/mol. The number of imidazole rings is 1. The maximum atomic E-state index is 9.14. The molecule has 9 heteroatoms.